The smallest absolute Gasteiger partial charge is 0.241 e. The highest BCUT2D eigenvalue weighted by atomic mass is 79.9. The Kier molecular flexibility index (Phi) is 6.79. The molecule has 1 aromatic carbocycles. The lowest BCUT2D eigenvalue weighted by Crippen LogP contribution is -2.42. The van der Waals surface area contributed by atoms with Crippen molar-refractivity contribution in [2.24, 2.45) is 11.7 Å². The minimum absolute atomic E-state index is 0.0843. The summed E-state index contributed by atoms with van der Waals surface area (Å²) in [6.07, 6.45) is 2.49. The van der Waals surface area contributed by atoms with Crippen molar-refractivity contribution in [2.75, 3.05) is 26.2 Å². The third-order valence-electron chi connectivity index (χ3n) is 4.23. The minimum Gasteiger partial charge on any atom is -0.369 e. The van der Waals surface area contributed by atoms with E-state index in [0.29, 0.717) is 24.0 Å². The van der Waals surface area contributed by atoms with Gasteiger partial charge in [-0.05, 0) is 72.9 Å². The largest absolute Gasteiger partial charge is 0.369 e. The Labute approximate surface area is 152 Å². The van der Waals surface area contributed by atoms with Gasteiger partial charge in [-0.2, -0.15) is 0 Å². The number of aryl methyl sites for hydroxylation is 1. The quantitative estimate of drug-likeness (QED) is 0.659. The average Bonchev–Trinajstić information content (AvgIpc) is 2.51. The molecule has 1 atom stereocenters. The summed E-state index contributed by atoms with van der Waals surface area (Å²) in [7, 11) is -3.52. The van der Waals surface area contributed by atoms with Crippen molar-refractivity contribution in [2.45, 2.75) is 31.1 Å². The van der Waals surface area contributed by atoms with Crippen molar-refractivity contribution < 1.29 is 13.2 Å². The zero-order valence-corrected chi connectivity index (χ0v) is 16.2. The molecule has 8 heteroatoms. The van der Waals surface area contributed by atoms with Crippen LogP contribution in [0.25, 0.3) is 0 Å². The van der Waals surface area contributed by atoms with E-state index in [1.807, 2.05) is 6.92 Å². The number of rotatable bonds is 7. The van der Waals surface area contributed by atoms with Gasteiger partial charge in [0.2, 0.25) is 15.9 Å². The summed E-state index contributed by atoms with van der Waals surface area (Å²) in [6.45, 7) is 4.62. The SMILES string of the molecule is Cc1ccc(S(=O)(=O)NCCCN2CCCC(C(N)=O)C2)c(Br)c1. The van der Waals surface area contributed by atoms with Crippen molar-refractivity contribution >= 4 is 31.9 Å². The lowest BCUT2D eigenvalue weighted by molar-refractivity contribution is -0.123. The van der Waals surface area contributed by atoms with Crippen LogP contribution in [-0.4, -0.2) is 45.4 Å². The Bertz CT molecular complexity index is 694. The molecular weight excluding hydrogens is 394 g/mol. The summed E-state index contributed by atoms with van der Waals surface area (Å²) >= 11 is 3.30. The topological polar surface area (TPSA) is 92.5 Å². The monoisotopic (exact) mass is 417 g/mol. The molecule has 1 amide bonds. The highest BCUT2D eigenvalue weighted by molar-refractivity contribution is 9.10. The van der Waals surface area contributed by atoms with E-state index in [4.69, 9.17) is 5.73 Å². The van der Waals surface area contributed by atoms with E-state index >= 15 is 0 Å². The maximum atomic E-state index is 12.3. The number of amides is 1. The molecule has 24 heavy (non-hydrogen) atoms. The Balaban J connectivity index is 1.82. The first-order chi connectivity index (χ1) is 11.3. The number of carbonyl (C=O) groups is 1. The van der Waals surface area contributed by atoms with Gasteiger partial charge in [0.05, 0.1) is 10.8 Å². The number of nitrogens with two attached hydrogens (primary N) is 1. The Hall–Kier alpha value is -0.960. The van der Waals surface area contributed by atoms with Crippen LogP contribution >= 0.6 is 15.9 Å². The number of piperidine rings is 1. The first-order valence-corrected chi connectivity index (χ1v) is 10.3. The van der Waals surface area contributed by atoms with Crippen LogP contribution in [0.2, 0.25) is 0 Å². The predicted molar refractivity (Wildman–Crippen MR) is 97.0 cm³/mol. The van der Waals surface area contributed by atoms with Crippen molar-refractivity contribution in [3.8, 4) is 0 Å². The Morgan fingerprint density at radius 1 is 1.46 bits per heavy atom. The van der Waals surface area contributed by atoms with E-state index in [2.05, 4.69) is 25.6 Å². The van der Waals surface area contributed by atoms with Crippen LogP contribution in [0.4, 0.5) is 0 Å². The molecular formula is C16H24BrN3O3S. The highest BCUT2D eigenvalue weighted by Crippen LogP contribution is 2.22. The maximum Gasteiger partial charge on any atom is 0.241 e. The molecule has 1 aromatic rings. The summed E-state index contributed by atoms with van der Waals surface area (Å²) in [5.74, 6) is -0.330. The number of benzene rings is 1. The maximum absolute atomic E-state index is 12.3. The molecule has 0 aliphatic carbocycles. The average molecular weight is 418 g/mol. The van der Waals surface area contributed by atoms with Gasteiger partial charge in [0.25, 0.3) is 0 Å². The molecule has 3 N–H and O–H groups in total. The molecule has 134 valence electrons. The molecule has 1 fully saturated rings. The molecule has 2 rings (SSSR count). The highest BCUT2D eigenvalue weighted by Gasteiger charge is 2.23. The molecule has 6 nitrogen and oxygen atoms in total. The van der Waals surface area contributed by atoms with E-state index in [0.717, 1.165) is 31.5 Å². The molecule has 0 bridgehead atoms. The standard InChI is InChI=1S/C16H24BrN3O3S/c1-12-5-6-15(14(17)10-12)24(22,23)19-7-3-9-20-8-2-4-13(11-20)16(18)21/h5-6,10,13,19H,2-4,7-9,11H2,1H3,(H2,18,21). The van der Waals surface area contributed by atoms with E-state index in [9.17, 15) is 13.2 Å². The van der Waals surface area contributed by atoms with Gasteiger partial charge in [-0.3, -0.25) is 4.79 Å². The van der Waals surface area contributed by atoms with Gasteiger partial charge in [0.1, 0.15) is 0 Å². The van der Waals surface area contributed by atoms with Crippen LogP contribution in [0.3, 0.4) is 0 Å². The lowest BCUT2D eigenvalue weighted by Gasteiger charge is -2.31. The first-order valence-electron chi connectivity index (χ1n) is 8.07. The summed E-state index contributed by atoms with van der Waals surface area (Å²) in [5.41, 5.74) is 6.36. The van der Waals surface area contributed by atoms with Gasteiger partial charge in [-0.1, -0.05) is 6.07 Å². The van der Waals surface area contributed by atoms with Gasteiger partial charge in [0.15, 0.2) is 0 Å². The minimum atomic E-state index is -3.52. The van der Waals surface area contributed by atoms with Crippen LogP contribution < -0.4 is 10.5 Å². The van der Waals surface area contributed by atoms with E-state index in [1.54, 1.807) is 18.2 Å². The van der Waals surface area contributed by atoms with E-state index in [1.165, 1.54) is 0 Å². The normalized spacial score (nSPS) is 19.3. The van der Waals surface area contributed by atoms with Crippen LogP contribution in [-0.2, 0) is 14.8 Å². The first kappa shape index (κ1) is 19.4. The number of sulfonamides is 1. The number of likely N-dealkylation sites (tertiary alicyclic amines) is 1. The number of nitrogens with zero attached hydrogens (tertiary/aromatic N) is 1. The van der Waals surface area contributed by atoms with Crippen LogP contribution in [0, 0.1) is 12.8 Å². The Morgan fingerprint density at radius 3 is 2.88 bits per heavy atom. The second kappa shape index (κ2) is 8.42. The molecule has 0 aromatic heterocycles. The Morgan fingerprint density at radius 2 is 2.21 bits per heavy atom. The third-order valence-corrected chi connectivity index (χ3v) is 6.67. The fourth-order valence-electron chi connectivity index (χ4n) is 2.90. The number of primary amides is 1. The number of hydrogen-bond donors (Lipinski definition) is 2. The zero-order valence-electron chi connectivity index (χ0n) is 13.8. The number of carbonyl (C=O) groups excluding carboxylic acids is 1. The molecule has 1 aliphatic rings. The molecule has 0 spiro atoms. The third kappa shape index (κ3) is 5.27. The van der Waals surface area contributed by atoms with Crippen LogP contribution in [0.5, 0.6) is 0 Å². The molecule has 1 heterocycles. The summed E-state index contributed by atoms with van der Waals surface area (Å²) < 4.78 is 27.9. The molecule has 1 unspecified atom stereocenters. The zero-order chi connectivity index (χ0) is 17.7. The van der Waals surface area contributed by atoms with Crippen molar-refractivity contribution in [1.29, 1.82) is 0 Å². The fourth-order valence-corrected chi connectivity index (χ4v) is 5.17. The van der Waals surface area contributed by atoms with Gasteiger partial charge >= 0.3 is 0 Å². The lowest BCUT2D eigenvalue weighted by atomic mass is 9.97. The van der Waals surface area contributed by atoms with Crippen LogP contribution in [0.15, 0.2) is 27.6 Å². The second-order valence-corrected chi connectivity index (χ2v) is 8.82. The van der Waals surface area contributed by atoms with Gasteiger partial charge < -0.3 is 10.6 Å². The summed E-state index contributed by atoms with van der Waals surface area (Å²) in [4.78, 5) is 13.7. The van der Waals surface area contributed by atoms with Crippen molar-refractivity contribution in [3.05, 3.63) is 28.2 Å². The van der Waals surface area contributed by atoms with Gasteiger partial charge in [-0.15, -0.1) is 0 Å². The fraction of sp³-hybridized carbons (Fsp3) is 0.562. The number of halogens is 1. The van der Waals surface area contributed by atoms with E-state index < -0.39 is 10.0 Å². The molecule has 1 saturated heterocycles. The van der Waals surface area contributed by atoms with Gasteiger partial charge in [0, 0.05) is 17.6 Å². The summed E-state index contributed by atoms with van der Waals surface area (Å²) in [6, 6.07) is 5.16. The number of hydrogen-bond acceptors (Lipinski definition) is 4. The van der Waals surface area contributed by atoms with E-state index in [-0.39, 0.29) is 16.7 Å². The van der Waals surface area contributed by atoms with Gasteiger partial charge in [-0.25, -0.2) is 13.1 Å². The number of nitrogens with one attached hydrogen (secondary N) is 1. The van der Waals surface area contributed by atoms with Crippen LogP contribution in [0.1, 0.15) is 24.8 Å². The summed E-state index contributed by atoms with van der Waals surface area (Å²) in [5, 5.41) is 0. The second-order valence-electron chi connectivity index (χ2n) is 6.23. The predicted octanol–water partition coefficient (Wildman–Crippen LogP) is 1.62. The van der Waals surface area contributed by atoms with Crippen molar-refractivity contribution in [1.82, 2.24) is 9.62 Å². The molecule has 0 radical (unpaired) electrons. The van der Waals surface area contributed by atoms with Crippen molar-refractivity contribution in [3.63, 3.8) is 0 Å². The molecule has 0 saturated carbocycles. The molecule has 1 aliphatic heterocycles.